The number of carbonyl (C=O) groups is 1. The molecule has 1 aliphatic carbocycles. The minimum Gasteiger partial charge on any atom is -0.424 e. The Balaban J connectivity index is 1.54. The molecule has 1 aromatic carbocycles. The summed E-state index contributed by atoms with van der Waals surface area (Å²) in [5.74, 6) is -0.712. The molecule has 0 amide bonds. The van der Waals surface area contributed by atoms with Crippen molar-refractivity contribution in [2.45, 2.75) is 44.7 Å². The molecule has 0 saturated heterocycles. The highest BCUT2D eigenvalue weighted by Gasteiger charge is 2.42. The second kappa shape index (κ2) is 8.78. The molecule has 2 heterocycles. The lowest BCUT2D eigenvalue weighted by Gasteiger charge is -2.15. The molecule has 9 nitrogen and oxygen atoms in total. The molecule has 0 radical (unpaired) electrons. The van der Waals surface area contributed by atoms with E-state index in [4.69, 9.17) is 25.8 Å². The summed E-state index contributed by atoms with van der Waals surface area (Å²) in [4.78, 5) is 32.6. The summed E-state index contributed by atoms with van der Waals surface area (Å²) >= 11 is 5.98. The molecule has 31 heavy (non-hydrogen) atoms. The predicted molar refractivity (Wildman–Crippen MR) is 108 cm³/mol. The van der Waals surface area contributed by atoms with Crippen LogP contribution < -0.4 is 4.74 Å². The number of aromatic nitrogens is 1. The molecule has 2 aliphatic rings. The Morgan fingerprint density at radius 3 is 2.65 bits per heavy atom. The van der Waals surface area contributed by atoms with Gasteiger partial charge in [0.15, 0.2) is 5.75 Å². The third-order valence-corrected chi connectivity index (χ3v) is 5.96. The smallest absolute Gasteiger partial charge is 0.314 e. The fraction of sp³-hybridized carbons (Fsp3) is 0.429. The molecule has 0 N–H and O–H groups in total. The minimum atomic E-state index is -0.864. The number of rotatable bonds is 6. The van der Waals surface area contributed by atoms with Crippen molar-refractivity contribution in [2.24, 2.45) is 5.92 Å². The largest absolute Gasteiger partial charge is 0.424 e. The molecule has 4 rings (SSSR count). The van der Waals surface area contributed by atoms with Gasteiger partial charge in [-0.2, -0.15) is 0 Å². The number of hydrogen-bond acceptors (Lipinski definition) is 8. The Morgan fingerprint density at radius 1 is 1.26 bits per heavy atom. The fourth-order valence-electron chi connectivity index (χ4n) is 4.14. The number of nitrogens with zero attached hydrogens (tertiary/aromatic N) is 2. The summed E-state index contributed by atoms with van der Waals surface area (Å²) in [7, 11) is 1.43. The molecule has 2 aromatic rings. The quantitative estimate of drug-likeness (QED) is 0.374. The average molecular weight is 449 g/mol. The lowest BCUT2D eigenvalue weighted by Crippen LogP contribution is -2.27. The van der Waals surface area contributed by atoms with Crippen molar-refractivity contribution in [1.29, 1.82) is 0 Å². The molecule has 1 aromatic heterocycles. The maximum Gasteiger partial charge on any atom is 0.314 e. The summed E-state index contributed by atoms with van der Waals surface area (Å²) in [5.41, 5.74) is 3.07. The Labute approximate surface area is 183 Å². The van der Waals surface area contributed by atoms with E-state index in [1.807, 2.05) is 12.1 Å². The number of benzene rings is 1. The number of halogens is 1. The Morgan fingerprint density at radius 2 is 1.97 bits per heavy atom. The molecule has 4 atom stereocenters. The summed E-state index contributed by atoms with van der Waals surface area (Å²) in [5, 5.41) is 10.5. The van der Waals surface area contributed by atoms with E-state index in [0.717, 1.165) is 16.7 Å². The number of fused-ring (bicyclic) bond motifs is 1. The van der Waals surface area contributed by atoms with Crippen molar-refractivity contribution < 1.29 is 28.9 Å². The second-order valence-electron chi connectivity index (χ2n) is 7.58. The zero-order chi connectivity index (χ0) is 22.1. The topological polar surface area (TPSA) is 110 Å². The van der Waals surface area contributed by atoms with E-state index < -0.39 is 29.2 Å². The van der Waals surface area contributed by atoms with Crippen molar-refractivity contribution in [3.05, 3.63) is 68.0 Å². The van der Waals surface area contributed by atoms with Crippen LogP contribution in [0.1, 0.15) is 41.3 Å². The Bertz CT molecular complexity index is 998. The van der Waals surface area contributed by atoms with Crippen LogP contribution in [-0.4, -0.2) is 35.4 Å². The summed E-state index contributed by atoms with van der Waals surface area (Å²) in [6.07, 6.45) is 0.450. The van der Waals surface area contributed by atoms with E-state index in [9.17, 15) is 14.9 Å². The first-order valence-electron chi connectivity index (χ1n) is 9.78. The van der Waals surface area contributed by atoms with E-state index >= 15 is 0 Å². The molecular formula is C21H21ClN2O7. The van der Waals surface area contributed by atoms with Crippen LogP contribution in [0.2, 0.25) is 5.02 Å². The van der Waals surface area contributed by atoms with E-state index in [1.165, 1.54) is 7.11 Å². The molecule has 0 bridgehead atoms. The molecule has 1 saturated carbocycles. The van der Waals surface area contributed by atoms with Crippen LogP contribution in [-0.2, 0) is 25.7 Å². The second-order valence-corrected chi connectivity index (χ2v) is 8.02. The maximum absolute atomic E-state index is 12.9. The zero-order valence-corrected chi connectivity index (χ0v) is 17.7. The Kier molecular flexibility index (Phi) is 6.08. The van der Waals surface area contributed by atoms with Crippen molar-refractivity contribution in [3.63, 3.8) is 0 Å². The van der Waals surface area contributed by atoms with Gasteiger partial charge in [-0.3, -0.25) is 9.78 Å². The highest BCUT2D eigenvalue weighted by molar-refractivity contribution is 6.30. The maximum atomic E-state index is 12.9. The summed E-state index contributed by atoms with van der Waals surface area (Å²) < 4.78 is 16.9. The molecular weight excluding hydrogens is 428 g/mol. The van der Waals surface area contributed by atoms with Crippen LogP contribution >= 0.6 is 11.6 Å². The van der Waals surface area contributed by atoms with Gasteiger partial charge in [0.05, 0.1) is 24.3 Å². The van der Waals surface area contributed by atoms with E-state index in [2.05, 4.69) is 9.82 Å². The number of pyridine rings is 1. The van der Waals surface area contributed by atoms with Crippen molar-refractivity contribution in [1.82, 2.24) is 4.98 Å². The molecule has 1 aliphatic heterocycles. The SMILES string of the molecule is CO[C@@H]1C[C@@H](C(=O)Oc2c(C)ncc3c2COC3c2ccc(Cl)cc2)C[C@H]1O[N+](=O)[O-]. The molecule has 164 valence electrons. The monoisotopic (exact) mass is 448 g/mol. The van der Waals surface area contributed by atoms with Crippen LogP contribution in [0.3, 0.4) is 0 Å². The van der Waals surface area contributed by atoms with Crippen LogP contribution in [0, 0.1) is 23.0 Å². The van der Waals surface area contributed by atoms with Crippen molar-refractivity contribution >= 4 is 17.6 Å². The van der Waals surface area contributed by atoms with Gasteiger partial charge < -0.3 is 19.0 Å². The van der Waals surface area contributed by atoms with Gasteiger partial charge in [-0.15, -0.1) is 10.1 Å². The van der Waals surface area contributed by atoms with Crippen molar-refractivity contribution in [2.75, 3.05) is 7.11 Å². The van der Waals surface area contributed by atoms with Gasteiger partial charge in [-0.05, 0) is 37.5 Å². The number of carbonyl (C=O) groups excluding carboxylic acids is 1. The van der Waals surface area contributed by atoms with E-state index in [1.54, 1.807) is 25.3 Å². The van der Waals surface area contributed by atoms with Crippen LogP contribution in [0.15, 0.2) is 30.5 Å². The molecule has 1 fully saturated rings. The standard InChI is InChI=1S/C21H21ClN2O7/c1-11-19(30-21(25)13-7-17(28-2)18(8-13)31-24(26)27)16-10-29-20(15(16)9-23-11)12-3-5-14(22)6-4-12/h3-6,9,13,17-18,20H,7-8,10H2,1-2H3/t13-,17-,18-,20?/m1/s1. The van der Waals surface area contributed by atoms with Gasteiger partial charge in [-0.25, -0.2) is 0 Å². The number of aryl methyl sites for hydroxylation is 1. The number of hydrogen-bond donors (Lipinski definition) is 0. The van der Waals surface area contributed by atoms with Crippen LogP contribution in [0.25, 0.3) is 0 Å². The van der Waals surface area contributed by atoms with Gasteiger partial charge >= 0.3 is 5.97 Å². The molecule has 10 heteroatoms. The van der Waals surface area contributed by atoms with Crippen LogP contribution in [0.4, 0.5) is 0 Å². The van der Waals surface area contributed by atoms with Gasteiger partial charge in [0.1, 0.15) is 12.2 Å². The highest BCUT2D eigenvalue weighted by Crippen LogP contribution is 2.41. The van der Waals surface area contributed by atoms with Crippen molar-refractivity contribution in [3.8, 4) is 5.75 Å². The lowest BCUT2D eigenvalue weighted by atomic mass is 10.00. The number of esters is 1. The summed E-state index contributed by atoms with van der Waals surface area (Å²) in [6, 6.07) is 7.34. The van der Waals surface area contributed by atoms with Gasteiger partial charge in [-0.1, -0.05) is 23.7 Å². The third kappa shape index (κ3) is 4.34. The van der Waals surface area contributed by atoms with Gasteiger partial charge in [0.2, 0.25) is 0 Å². The normalized spacial score (nSPS) is 24.6. The highest BCUT2D eigenvalue weighted by atomic mass is 35.5. The number of ether oxygens (including phenoxy) is 3. The summed E-state index contributed by atoms with van der Waals surface area (Å²) in [6.45, 7) is 2.02. The van der Waals surface area contributed by atoms with E-state index in [0.29, 0.717) is 16.5 Å². The zero-order valence-electron chi connectivity index (χ0n) is 16.9. The Hall–Kier alpha value is -2.75. The van der Waals surface area contributed by atoms with Gasteiger partial charge in [0.25, 0.3) is 5.09 Å². The number of methoxy groups -OCH3 is 1. The average Bonchev–Trinajstić information content (AvgIpc) is 3.34. The first-order valence-corrected chi connectivity index (χ1v) is 10.2. The third-order valence-electron chi connectivity index (χ3n) is 5.71. The predicted octanol–water partition coefficient (Wildman–Crippen LogP) is 3.57. The first-order chi connectivity index (χ1) is 14.9. The van der Waals surface area contributed by atoms with Crippen LogP contribution in [0.5, 0.6) is 5.75 Å². The van der Waals surface area contributed by atoms with E-state index in [-0.39, 0.29) is 25.6 Å². The molecule has 0 spiro atoms. The van der Waals surface area contributed by atoms with Gasteiger partial charge in [0, 0.05) is 29.5 Å². The molecule has 1 unspecified atom stereocenters. The first kappa shape index (κ1) is 21.5. The lowest BCUT2D eigenvalue weighted by molar-refractivity contribution is -0.770. The fourth-order valence-corrected chi connectivity index (χ4v) is 4.26. The minimum absolute atomic E-state index is 0.143.